The van der Waals surface area contributed by atoms with Crippen LogP contribution in [-0.4, -0.2) is 51.3 Å². The van der Waals surface area contributed by atoms with E-state index in [4.69, 9.17) is 0 Å². The summed E-state index contributed by atoms with van der Waals surface area (Å²) in [7, 11) is -6.44. The van der Waals surface area contributed by atoms with Crippen LogP contribution in [-0.2, 0) is 20.0 Å². The van der Waals surface area contributed by atoms with Crippen molar-refractivity contribution in [3.63, 3.8) is 0 Å². The summed E-state index contributed by atoms with van der Waals surface area (Å²) in [4.78, 5) is 0. The highest BCUT2D eigenvalue weighted by Gasteiger charge is 2.29. The molecular weight excluding hydrogens is 288 g/mol. The first kappa shape index (κ1) is 16.9. The van der Waals surface area contributed by atoms with E-state index in [0.29, 0.717) is 32.4 Å². The molecule has 1 aliphatic rings. The summed E-state index contributed by atoms with van der Waals surface area (Å²) in [6.07, 6.45) is 1.67. The van der Waals surface area contributed by atoms with Crippen LogP contribution in [0.2, 0.25) is 0 Å². The maximum atomic E-state index is 11.9. The number of sulfonamides is 2. The van der Waals surface area contributed by atoms with Gasteiger partial charge in [0, 0.05) is 19.1 Å². The highest BCUT2D eigenvalue weighted by molar-refractivity contribution is 7.90. The van der Waals surface area contributed by atoms with Crippen LogP contribution in [0.1, 0.15) is 40.0 Å². The third-order valence-electron chi connectivity index (χ3n) is 3.26. The molecular formula is C11H24N2O4S2. The first-order valence-electron chi connectivity index (χ1n) is 6.68. The Labute approximate surface area is 116 Å². The van der Waals surface area contributed by atoms with Gasteiger partial charge in [-0.25, -0.2) is 25.9 Å². The normalized spacial score (nSPS) is 20.0. The third kappa shape index (κ3) is 4.70. The lowest BCUT2D eigenvalue weighted by atomic mass is 10.1. The third-order valence-corrected chi connectivity index (χ3v) is 7.24. The Hall–Kier alpha value is -0.180. The summed E-state index contributed by atoms with van der Waals surface area (Å²) in [6, 6.07) is -0.152. The van der Waals surface area contributed by atoms with Gasteiger partial charge in [-0.05, 0) is 33.1 Å². The fourth-order valence-corrected chi connectivity index (χ4v) is 4.52. The van der Waals surface area contributed by atoms with Crippen molar-refractivity contribution in [2.45, 2.75) is 51.3 Å². The lowest BCUT2D eigenvalue weighted by Gasteiger charge is -2.31. The minimum absolute atomic E-state index is 0.152. The zero-order valence-electron chi connectivity index (χ0n) is 11.8. The molecule has 0 radical (unpaired) electrons. The molecule has 0 aromatic carbocycles. The van der Waals surface area contributed by atoms with Crippen LogP contribution in [0.25, 0.3) is 0 Å². The first-order valence-corrected chi connectivity index (χ1v) is 9.83. The van der Waals surface area contributed by atoms with E-state index in [-0.39, 0.29) is 11.8 Å². The van der Waals surface area contributed by atoms with Crippen LogP contribution in [0.4, 0.5) is 0 Å². The highest BCUT2D eigenvalue weighted by atomic mass is 32.2. The average molecular weight is 312 g/mol. The predicted octanol–water partition coefficient (Wildman–Crippen LogP) is 0.518. The second-order valence-corrected chi connectivity index (χ2v) is 9.56. The maximum absolute atomic E-state index is 11.9. The van der Waals surface area contributed by atoms with Gasteiger partial charge in [0.25, 0.3) is 0 Å². The molecule has 1 heterocycles. The van der Waals surface area contributed by atoms with Crippen LogP contribution in [0, 0.1) is 0 Å². The van der Waals surface area contributed by atoms with Gasteiger partial charge in [0.1, 0.15) is 0 Å². The van der Waals surface area contributed by atoms with Crippen LogP contribution < -0.4 is 4.72 Å². The topological polar surface area (TPSA) is 83.6 Å². The standard InChI is InChI=1S/C11H24N2O4S2/c1-4-9-18(14,15)13-7-5-11(6-8-13)12-19(16,17)10(2)3/h10-12H,4-9H2,1-3H3. The van der Waals surface area contributed by atoms with E-state index in [9.17, 15) is 16.8 Å². The Balaban J connectivity index is 2.55. The van der Waals surface area contributed by atoms with Gasteiger partial charge >= 0.3 is 0 Å². The highest BCUT2D eigenvalue weighted by Crippen LogP contribution is 2.16. The summed E-state index contributed by atoms with van der Waals surface area (Å²) in [5.41, 5.74) is 0. The molecule has 1 rings (SSSR count). The Kier molecular flexibility index (Phi) is 5.78. The van der Waals surface area contributed by atoms with Crippen LogP contribution in [0.5, 0.6) is 0 Å². The van der Waals surface area contributed by atoms with Gasteiger partial charge in [-0.3, -0.25) is 0 Å². The summed E-state index contributed by atoms with van der Waals surface area (Å²) < 4.78 is 51.3. The largest absolute Gasteiger partial charge is 0.214 e. The van der Waals surface area contributed by atoms with Crippen molar-refractivity contribution in [2.75, 3.05) is 18.8 Å². The second kappa shape index (κ2) is 6.51. The fourth-order valence-electron chi connectivity index (χ4n) is 2.01. The van der Waals surface area contributed by atoms with Gasteiger partial charge in [-0.2, -0.15) is 0 Å². The number of hydrogen-bond acceptors (Lipinski definition) is 4. The van der Waals surface area contributed by atoms with E-state index < -0.39 is 25.3 Å². The van der Waals surface area contributed by atoms with Gasteiger partial charge in [-0.15, -0.1) is 0 Å². The molecule has 1 saturated heterocycles. The number of rotatable bonds is 6. The van der Waals surface area contributed by atoms with Crippen LogP contribution in [0.15, 0.2) is 0 Å². The van der Waals surface area contributed by atoms with E-state index in [1.165, 1.54) is 4.31 Å². The molecule has 0 aromatic rings. The monoisotopic (exact) mass is 312 g/mol. The molecule has 0 amide bonds. The Morgan fingerprint density at radius 1 is 1.16 bits per heavy atom. The first-order chi connectivity index (χ1) is 8.69. The molecule has 0 aromatic heterocycles. The smallest absolute Gasteiger partial charge is 0.212 e. The van der Waals surface area contributed by atoms with Gasteiger partial charge < -0.3 is 0 Å². The second-order valence-electron chi connectivity index (χ2n) is 5.20. The summed E-state index contributed by atoms with van der Waals surface area (Å²) in [6.45, 7) is 5.88. The van der Waals surface area contributed by atoms with E-state index in [2.05, 4.69) is 4.72 Å². The number of piperidine rings is 1. The molecule has 0 unspecified atom stereocenters. The lowest BCUT2D eigenvalue weighted by molar-refractivity contribution is 0.308. The number of hydrogen-bond donors (Lipinski definition) is 1. The Bertz CT molecular complexity index is 477. The van der Waals surface area contributed by atoms with E-state index in [1.807, 2.05) is 6.92 Å². The van der Waals surface area contributed by atoms with Crippen molar-refractivity contribution >= 4 is 20.0 Å². The molecule has 6 nitrogen and oxygen atoms in total. The minimum atomic E-state index is -3.28. The van der Waals surface area contributed by atoms with Crippen LogP contribution in [0.3, 0.4) is 0 Å². The maximum Gasteiger partial charge on any atom is 0.214 e. The molecule has 0 saturated carbocycles. The molecule has 19 heavy (non-hydrogen) atoms. The van der Waals surface area contributed by atoms with Crippen LogP contribution >= 0.6 is 0 Å². The molecule has 114 valence electrons. The molecule has 1 N–H and O–H groups in total. The molecule has 1 aliphatic heterocycles. The van der Waals surface area contributed by atoms with Crippen molar-refractivity contribution < 1.29 is 16.8 Å². The van der Waals surface area contributed by atoms with Gasteiger partial charge in [0.15, 0.2) is 0 Å². The summed E-state index contributed by atoms with van der Waals surface area (Å²) in [5.74, 6) is 0.162. The van der Waals surface area contributed by atoms with Crippen molar-refractivity contribution in [1.82, 2.24) is 9.03 Å². The fraction of sp³-hybridized carbons (Fsp3) is 1.00. The zero-order valence-corrected chi connectivity index (χ0v) is 13.4. The molecule has 8 heteroatoms. The number of nitrogens with zero attached hydrogens (tertiary/aromatic N) is 1. The Morgan fingerprint density at radius 3 is 2.11 bits per heavy atom. The quantitative estimate of drug-likeness (QED) is 0.775. The van der Waals surface area contributed by atoms with Crippen molar-refractivity contribution in [3.05, 3.63) is 0 Å². The molecule has 0 aliphatic carbocycles. The molecule has 0 spiro atoms. The van der Waals surface area contributed by atoms with Crippen molar-refractivity contribution in [3.8, 4) is 0 Å². The molecule has 0 bridgehead atoms. The molecule has 0 atom stereocenters. The molecule has 1 fully saturated rings. The van der Waals surface area contributed by atoms with Crippen molar-refractivity contribution in [2.24, 2.45) is 0 Å². The summed E-state index contributed by atoms with van der Waals surface area (Å²) in [5, 5.41) is -0.464. The van der Waals surface area contributed by atoms with Gasteiger partial charge in [-0.1, -0.05) is 6.92 Å². The van der Waals surface area contributed by atoms with Crippen molar-refractivity contribution in [1.29, 1.82) is 0 Å². The summed E-state index contributed by atoms with van der Waals surface area (Å²) >= 11 is 0. The van der Waals surface area contributed by atoms with Gasteiger partial charge in [0.05, 0.1) is 11.0 Å². The zero-order chi connectivity index (χ0) is 14.7. The predicted molar refractivity (Wildman–Crippen MR) is 75.9 cm³/mol. The SMILES string of the molecule is CCCS(=O)(=O)N1CCC(NS(=O)(=O)C(C)C)CC1. The number of nitrogens with one attached hydrogen (secondary N) is 1. The Morgan fingerprint density at radius 2 is 1.68 bits per heavy atom. The van der Waals surface area contributed by atoms with E-state index in [0.717, 1.165) is 0 Å². The minimum Gasteiger partial charge on any atom is -0.212 e. The lowest BCUT2D eigenvalue weighted by Crippen LogP contribution is -2.48. The van der Waals surface area contributed by atoms with E-state index >= 15 is 0 Å². The average Bonchev–Trinajstić information content (AvgIpc) is 2.28. The van der Waals surface area contributed by atoms with E-state index in [1.54, 1.807) is 13.8 Å². The van der Waals surface area contributed by atoms with Gasteiger partial charge in [0.2, 0.25) is 20.0 Å².